The van der Waals surface area contributed by atoms with E-state index in [-0.39, 0.29) is 5.91 Å². The summed E-state index contributed by atoms with van der Waals surface area (Å²) in [5.41, 5.74) is 2.36. The standard InChI is InChI=1S/C12H12BrN3OS/c13-6-2-4-9-3-1-5-10(7-9)14-12(17)11-8-18-16-15-11/h1,3,5,7-8H,2,4,6H2,(H,14,17). The monoisotopic (exact) mass is 325 g/mol. The minimum absolute atomic E-state index is 0.221. The minimum atomic E-state index is -0.221. The summed E-state index contributed by atoms with van der Waals surface area (Å²) >= 11 is 4.57. The fourth-order valence-electron chi connectivity index (χ4n) is 1.53. The third-order valence-corrected chi connectivity index (χ3v) is 3.44. The molecule has 0 fully saturated rings. The van der Waals surface area contributed by atoms with Gasteiger partial charge < -0.3 is 5.32 Å². The maximum Gasteiger partial charge on any atom is 0.277 e. The lowest BCUT2D eigenvalue weighted by atomic mass is 10.1. The molecule has 1 aromatic heterocycles. The van der Waals surface area contributed by atoms with Crippen molar-refractivity contribution >= 4 is 39.1 Å². The lowest BCUT2D eigenvalue weighted by Crippen LogP contribution is -2.12. The molecule has 0 atom stereocenters. The number of amides is 1. The van der Waals surface area contributed by atoms with Gasteiger partial charge in [0.1, 0.15) is 0 Å². The Labute approximate surface area is 118 Å². The Hall–Kier alpha value is -1.27. The van der Waals surface area contributed by atoms with Crippen LogP contribution in [-0.4, -0.2) is 20.8 Å². The summed E-state index contributed by atoms with van der Waals surface area (Å²) in [4.78, 5) is 11.8. The molecule has 0 spiro atoms. The second-order valence-corrected chi connectivity index (χ2v) is 5.14. The summed E-state index contributed by atoms with van der Waals surface area (Å²) in [5, 5.41) is 9.16. The zero-order valence-corrected chi connectivity index (χ0v) is 12.0. The van der Waals surface area contributed by atoms with Gasteiger partial charge in [-0.25, -0.2) is 0 Å². The van der Waals surface area contributed by atoms with Crippen LogP contribution >= 0.6 is 27.5 Å². The van der Waals surface area contributed by atoms with E-state index < -0.39 is 0 Å². The van der Waals surface area contributed by atoms with Crippen molar-refractivity contribution in [1.82, 2.24) is 9.59 Å². The third kappa shape index (κ3) is 3.61. The number of anilines is 1. The first kappa shape index (κ1) is 13.2. The topological polar surface area (TPSA) is 54.9 Å². The van der Waals surface area contributed by atoms with E-state index in [4.69, 9.17) is 0 Å². The molecule has 6 heteroatoms. The van der Waals surface area contributed by atoms with E-state index in [1.165, 1.54) is 17.1 Å². The summed E-state index contributed by atoms with van der Waals surface area (Å²) in [5.74, 6) is -0.221. The highest BCUT2D eigenvalue weighted by Gasteiger charge is 2.08. The van der Waals surface area contributed by atoms with Crippen molar-refractivity contribution in [3.63, 3.8) is 0 Å². The molecular weight excluding hydrogens is 314 g/mol. The Balaban J connectivity index is 2.03. The SMILES string of the molecule is O=C(Nc1cccc(CCCBr)c1)c1csnn1. The first-order valence-electron chi connectivity index (χ1n) is 5.53. The molecule has 94 valence electrons. The minimum Gasteiger partial charge on any atom is -0.321 e. The smallest absolute Gasteiger partial charge is 0.277 e. The van der Waals surface area contributed by atoms with E-state index in [9.17, 15) is 4.79 Å². The molecule has 2 aromatic rings. The molecule has 2 rings (SSSR count). The van der Waals surface area contributed by atoms with Crippen LogP contribution in [0.2, 0.25) is 0 Å². The second kappa shape index (κ2) is 6.61. The van der Waals surface area contributed by atoms with Gasteiger partial charge in [0.25, 0.3) is 5.91 Å². The zero-order valence-electron chi connectivity index (χ0n) is 9.60. The van der Waals surface area contributed by atoms with Crippen molar-refractivity contribution in [2.75, 3.05) is 10.6 Å². The molecule has 1 N–H and O–H groups in total. The fourth-order valence-corrected chi connectivity index (χ4v) is 2.25. The molecule has 1 aromatic carbocycles. The predicted molar refractivity (Wildman–Crippen MR) is 76.4 cm³/mol. The Morgan fingerprint density at radius 2 is 2.33 bits per heavy atom. The van der Waals surface area contributed by atoms with Crippen molar-refractivity contribution < 1.29 is 4.79 Å². The first-order valence-corrected chi connectivity index (χ1v) is 7.48. The highest BCUT2D eigenvalue weighted by molar-refractivity contribution is 9.09. The molecule has 0 bridgehead atoms. The van der Waals surface area contributed by atoms with Crippen LogP contribution in [0.4, 0.5) is 5.69 Å². The van der Waals surface area contributed by atoms with Crippen molar-refractivity contribution in [2.45, 2.75) is 12.8 Å². The predicted octanol–water partition coefficient (Wildman–Crippen LogP) is 3.12. The van der Waals surface area contributed by atoms with Gasteiger partial charge in [-0.2, -0.15) is 0 Å². The molecule has 1 heterocycles. The lowest BCUT2D eigenvalue weighted by molar-refractivity contribution is 0.102. The van der Waals surface area contributed by atoms with Gasteiger partial charge in [0.05, 0.1) is 0 Å². The van der Waals surface area contributed by atoms with Crippen LogP contribution in [0.25, 0.3) is 0 Å². The van der Waals surface area contributed by atoms with Gasteiger partial charge in [-0.1, -0.05) is 32.6 Å². The molecule has 0 unspecified atom stereocenters. The third-order valence-electron chi connectivity index (χ3n) is 2.38. The maximum atomic E-state index is 11.8. The van der Waals surface area contributed by atoms with E-state index in [1.807, 2.05) is 18.2 Å². The largest absolute Gasteiger partial charge is 0.321 e. The number of nitrogens with one attached hydrogen (secondary N) is 1. The Morgan fingerprint density at radius 3 is 3.06 bits per heavy atom. The number of carbonyl (C=O) groups is 1. The van der Waals surface area contributed by atoms with Gasteiger partial charge in [0.2, 0.25) is 0 Å². The summed E-state index contributed by atoms with van der Waals surface area (Å²) in [6.45, 7) is 0. The first-order chi connectivity index (χ1) is 8.79. The van der Waals surface area contributed by atoms with Gasteiger partial charge in [-0.15, -0.1) is 5.10 Å². The molecule has 0 aliphatic heterocycles. The van der Waals surface area contributed by atoms with Crippen molar-refractivity contribution in [3.8, 4) is 0 Å². The molecule has 1 amide bonds. The molecule has 4 nitrogen and oxygen atoms in total. The van der Waals surface area contributed by atoms with E-state index in [0.29, 0.717) is 5.69 Å². The zero-order chi connectivity index (χ0) is 12.8. The Bertz CT molecular complexity index is 516. The van der Waals surface area contributed by atoms with E-state index in [0.717, 1.165) is 23.9 Å². The van der Waals surface area contributed by atoms with Crippen LogP contribution in [0.3, 0.4) is 0 Å². The number of aromatic nitrogens is 2. The molecule has 0 radical (unpaired) electrons. The highest BCUT2D eigenvalue weighted by Crippen LogP contribution is 2.13. The Kier molecular flexibility index (Phi) is 4.83. The number of nitrogens with zero attached hydrogens (tertiary/aromatic N) is 2. The number of carbonyl (C=O) groups excluding carboxylic acids is 1. The van der Waals surface area contributed by atoms with Crippen molar-refractivity contribution in [3.05, 3.63) is 40.9 Å². The van der Waals surface area contributed by atoms with Gasteiger partial charge in [0.15, 0.2) is 5.69 Å². The molecule has 0 aliphatic carbocycles. The van der Waals surface area contributed by atoms with Crippen LogP contribution in [0.15, 0.2) is 29.6 Å². The van der Waals surface area contributed by atoms with E-state index in [1.54, 1.807) is 5.38 Å². The van der Waals surface area contributed by atoms with Gasteiger partial charge >= 0.3 is 0 Å². The lowest BCUT2D eigenvalue weighted by Gasteiger charge is -2.05. The van der Waals surface area contributed by atoms with Crippen LogP contribution in [-0.2, 0) is 6.42 Å². The average molecular weight is 326 g/mol. The molecule has 18 heavy (non-hydrogen) atoms. The van der Waals surface area contributed by atoms with Crippen molar-refractivity contribution in [2.24, 2.45) is 0 Å². The Morgan fingerprint density at radius 1 is 1.44 bits per heavy atom. The average Bonchev–Trinajstić information content (AvgIpc) is 2.91. The van der Waals surface area contributed by atoms with E-state index in [2.05, 4.69) is 36.9 Å². The molecule has 0 saturated heterocycles. The summed E-state index contributed by atoms with van der Waals surface area (Å²) < 4.78 is 3.67. The van der Waals surface area contributed by atoms with Crippen LogP contribution in [0.5, 0.6) is 0 Å². The van der Waals surface area contributed by atoms with Crippen molar-refractivity contribution in [1.29, 1.82) is 0 Å². The number of halogens is 1. The quantitative estimate of drug-likeness (QED) is 0.859. The van der Waals surface area contributed by atoms with Gasteiger partial charge in [0, 0.05) is 16.4 Å². The summed E-state index contributed by atoms with van der Waals surface area (Å²) in [6, 6.07) is 7.86. The number of benzene rings is 1. The number of aryl methyl sites for hydroxylation is 1. The van der Waals surface area contributed by atoms with E-state index >= 15 is 0 Å². The van der Waals surface area contributed by atoms with Crippen LogP contribution < -0.4 is 5.32 Å². The molecule has 0 saturated carbocycles. The molecular formula is C12H12BrN3OS. The highest BCUT2D eigenvalue weighted by atomic mass is 79.9. The number of hydrogen-bond acceptors (Lipinski definition) is 4. The second-order valence-electron chi connectivity index (χ2n) is 3.74. The number of rotatable bonds is 5. The van der Waals surface area contributed by atoms with Gasteiger partial charge in [-0.05, 0) is 42.1 Å². The summed E-state index contributed by atoms with van der Waals surface area (Å²) in [6.07, 6.45) is 2.07. The fraction of sp³-hybridized carbons (Fsp3) is 0.250. The summed E-state index contributed by atoms with van der Waals surface area (Å²) in [7, 11) is 0. The number of alkyl halides is 1. The van der Waals surface area contributed by atoms with Crippen LogP contribution in [0.1, 0.15) is 22.5 Å². The normalized spacial score (nSPS) is 10.3. The molecule has 0 aliphatic rings. The number of hydrogen-bond donors (Lipinski definition) is 1. The maximum absolute atomic E-state index is 11.8. The van der Waals surface area contributed by atoms with Gasteiger partial charge in [-0.3, -0.25) is 4.79 Å². The van der Waals surface area contributed by atoms with Crippen LogP contribution in [0, 0.1) is 0 Å².